The van der Waals surface area contributed by atoms with Crippen LogP contribution in [0.2, 0.25) is 0 Å². The van der Waals surface area contributed by atoms with Gasteiger partial charge in [-0.15, -0.1) is 0 Å². The molecule has 0 radical (unpaired) electrons. The van der Waals surface area contributed by atoms with Crippen LogP contribution in [0, 0.1) is 25.1 Å². The topological polar surface area (TPSA) is 52.3 Å². The van der Waals surface area contributed by atoms with Gasteiger partial charge in [0.1, 0.15) is 5.82 Å². The number of hydrogen-bond donors (Lipinski definition) is 1. The Morgan fingerprint density at radius 1 is 1.33 bits per heavy atom. The first-order chi connectivity index (χ1) is 9.66. The zero-order chi connectivity index (χ0) is 16.2. The molecule has 1 unspecified atom stereocenters. The molecular formula is C17H26FNO2. The van der Waals surface area contributed by atoms with Gasteiger partial charge in [0.15, 0.2) is 0 Å². The minimum absolute atomic E-state index is 0.184. The Kier molecular flexibility index (Phi) is 5.90. The van der Waals surface area contributed by atoms with Crippen LogP contribution < -0.4 is 5.73 Å². The number of nitrogens with two attached hydrogens (primary N) is 1. The fourth-order valence-corrected chi connectivity index (χ4v) is 2.58. The minimum atomic E-state index is -0.262. The molecule has 0 heterocycles. The van der Waals surface area contributed by atoms with E-state index in [-0.39, 0.29) is 23.2 Å². The van der Waals surface area contributed by atoms with Crippen LogP contribution in [0.1, 0.15) is 56.3 Å². The van der Waals surface area contributed by atoms with Gasteiger partial charge in [-0.25, -0.2) is 4.39 Å². The molecule has 2 N–H and O–H groups in total. The van der Waals surface area contributed by atoms with Gasteiger partial charge in [-0.1, -0.05) is 26.0 Å². The first-order valence-corrected chi connectivity index (χ1v) is 7.34. The summed E-state index contributed by atoms with van der Waals surface area (Å²) in [4.78, 5) is 11.6. The Hall–Kier alpha value is -1.42. The van der Waals surface area contributed by atoms with Gasteiger partial charge in [-0.2, -0.15) is 0 Å². The number of ether oxygens (including phenoxy) is 1. The quantitative estimate of drug-likeness (QED) is 0.812. The third-order valence-electron chi connectivity index (χ3n) is 3.59. The van der Waals surface area contributed by atoms with E-state index in [0.717, 1.165) is 5.56 Å². The van der Waals surface area contributed by atoms with Gasteiger partial charge in [0.05, 0.1) is 13.0 Å². The van der Waals surface area contributed by atoms with E-state index >= 15 is 0 Å². The molecule has 4 heteroatoms. The molecule has 0 bridgehead atoms. The van der Waals surface area contributed by atoms with Crippen LogP contribution in [-0.4, -0.2) is 12.6 Å². The SMILES string of the molecule is CCOC(=O)CC(C)(C)CC(N)c1cc(C)c(F)c(C)c1. The molecule has 1 aromatic rings. The monoisotopic (exact) mass is 295 g/mol. The highest BCUT2D eigenvalue weighted by atomic mass is 19.1. The average Bonchev–Trinajstić information content (AvgIpc) is 2.34. The van der Waals surface area contributed by atoms with Gasteiger partial charge in [0.25, 0.3) is 0 Å². The largest absolute Gasteiger partial charge is 0.466 e. The molecule has 0 fully saturated rings. The van der Waals surface area contributed by atoms with E-state index in [9.17, 15) is 9.18 Å². The van der Waals surface area contributed by atoms with Crippen molar-refractivity contribution >= 4 is 5.97 Å². The van der Waals surface area contributed by atoms with Crippen LogP contribution in [-0.2, 0) is 9.53 Å². The standard InChI is InChI=1S/C17H26FNO2/c1-6-21-15(20)10-17(4,5)9-14(19)13-7-11(2)16(18)12(3)8-13/h7-8,14H,6,9-10,19H2,1-5H3. The van der Waals surface area contributed by atoms with E-state index in [0.29, 0.717) is 30.6 Å². The van der Waals surface area contributed by atoms with E-state index in [1.54, 1.807) is 32.9 Å². The summed E-state index contributed by atoms with van der Waals surface area (Å²) in [7, 11) is 0. The maximum atomic E-state index is 13.7. The van der Waals surface area contributed by atoms with Gasteiger partial charge in [-0.3, -0.25) is 4.79 Å². The second-order valence-electron chi connectivity index (χ2n) is 6.43. The fraction of sp³-hybridized carbons (Fsp3) is 0.588. The predicted molar refractivity (Wildman–Crippen MR) is 82.5 cm³/mol. The smallest absolute Gasteiger partial charge is 0.306 e. The first kappa shape index (κ1) is 17.6. The van der Waals surface area contributed by atoms with Crippen LogP contribution in [0.15, 0.2) is 12.1 Å². The molecule has 3 nitrogen and oxygen atoms in total. The summed E-state index contributed by atoms with van der Waals surface area (Å²) in [6.45, 7) is 9.64. The maximum absolute atomic E-state index is 13.7. The molecule has 0 spiro atoms. The second-order valence-corrected chi connectivity index (χ2v) is 6.43. The third kappa shape index (κ3) is 5.12. The van der Waals surface area contributed by atoms with Crippen molar-refractivity contribution in [2.45, 2.75) is 53.5 Å². The predicted octanol–water partition coefficient (Wildman–Crippen LogP) is 3.81. The van der Waals surface area contributed by atoms with Crippen molar-refractivity contribution in [3.63, 3.8) is 0 Å². The molecule has 118 valence electrons. The second kappa shape index (κ2) is 7.03. The maximum Gasteiger partial charge on any atom is 0.306 e. The summed E-state index contributed by atoms with van der Waals surface area (Å²) in [5.74, 6) is -0.391. The number of halogens is 1. The van der Waals surface area contributed by atoms with Crippen LogP contribution in [0.25, 0.3) is 0 Å². The van der Waals surface area contributed by atoms with E-state index < -0.39 is 0 Å². The highest BCUT2D eigenvalue weighted by Crippen LogP contribution is 2.33. The average molecular weight is 295 g/mol. The number of carbonyl (C=O) groups is 1. The van der Waals surface area contributed by atoms with Crippen molar-refractivity contribution in [1.29, 1.82) is 0 Å². The summed E-state index contributed by atoms with van der Waals surface area (Å²) in [5, 5.41) is 0. The lowest BCUT2D eigenvalue weighted by Gasteiger charge is -2.27. The number of aryl methyl sites for hydroxylation is 2. The summed E-state index contributed by atoms with van der Waals surface area (Å²) < 4.78 is 18.7. The Balaban J connectivity index is 2.80. The molecule has 0 amide bonds. The molecule has 1 aromatic carbocycles. The van der Waals surface area contributed by atoms with Crippen molar-refractivity contribution in [2.24, 2.45) is 11.1 Å². The van der Waals surface area contributed by atoms with Crippen LogP contribution >= 0.6 is 0 Å². The van der Waals surface area contributed by atoms with E-state index in [2.05, 4.69) is 0 Å². The van der Waals surface area contributed by atoms with Gasteiger partial charge >= 0.3 is 5.97 Å². The van der Waals surface area contributed by atoms with Crippen molar-refractivity contribution in [3.05, 3.63) is 34.6 Å². The number of carbonyl (C=O) groups excluding carboxylic acids is 1. The Morgan fingerprint density at radius 2 is 1.86 bits per heavy atom. The van der Waals surface area contributed by atoms with Gasteiger partial charge in [-0.05, 0) is 49.3 Å². The number of benzene rings is 1. The molecule has 0 aliphatic rings. The van der Waals surface area contributed by atoms with Gasteiger partial charge < -0.3 is 10.5 Å². The minimum Gasteiger partial charge on any atom is -0.466 e. The summed E-state index contributed by atoms with van der Waals surface area (Å²) in [5.41, 5.74) is 8.09. The fourth-order valence-electron chi connectivity index (χ4n) is 2.58. The summed E-state index contributed by atoms with van der Waals surface area (Å²) in [6, 6.07) is 3.34. The molecule has 0 saturated heterocycles. The van der Waals surface area contributed by atoms with Gasteiger partial charge in [0.2, 0.25) is 0 Å². The summed E-state index contributed by atoms with van der Waals surface area (Å²) in [6.07, 6.45) is 0.962. The Labute approximate surface area is 126 Å². The zero-order valence-electron chi connectivity index (χ0n) is 13.6. The normalized spacial score (nSPS) is 13.1. The molecule has 0 aliphatic heterocycles. The summed E-state index contributed by atoms with van der Waals surface area (Å²) >= 11 is 0. The van der Waals surface area contributed by atoms with E-state index in [4.69, 9.17) is 10.5 Å². The first-order valence-electron chi connectivity index (χ1n) is 7.34. The molecule has 0 aliphatic carbocycles. The highest BCUT2D eigenvalue weighted by Gasteiger charge is 2.26. The lowest BCUT2D eigenvalue weighted by atomic mass is 9.80. The van der Waals surface area contributed by atoms with Crippen molar-refractivity contribution in [2.75, 3.05) is 6.61 Å². The molecular weight excluding hydrogens is 269 g/mol. The van der Waals surface area contributed by atoms with Crippen molar-refractivity contribution in [3.8, 4) is 0 Å². The van der Waals surface area contributed by atoms with Crippen LogP contribution in [0.3, 0.4) is 0 Å². The van der Waals surface area contributed by atoms with Crippen LogP contribution in [0.4, 0.5) is 4.39 Å². The lowest BCUT2D eigenvalue weighted by molar-refractivity contribution is -0.145. The lowest BCUT2D eigenvalue weighted by Crippen LogP contribution is -2.25. The van der Waals surface area contributed by atoms with Crippen LogP contribution in [0.5, 0.6) is 0 Å². The van der Waals surface area contributed by atoms with Crippen molar-refractivity contribution in [1.82, 2.24) is 0 Å². The number of rotatable bonds is 6. The number of hydrogen-bond acceptors (Lipinski definition) is 3. The Morgan fingerprint density at radius 3 is 2.33 bits per heavy atom. The number of esters is 1. The molecule has 1 rings (SSSR count). The molecule has 21 heavy (non-hydrogen) atoms. The highest BCUT2D eigenvalue weighted by molar-refractivity contribution is 5.70. The van der Waals surface area contributed by atoms with E-state index in [1.807, 2.05) is 13.8 Å². The Bertz CT molecular complexity index is 489. The molecule has 0 saturated carbocycles. The molecule has 1 atom stereocenters. The van der Waals surface area contributed by atoms with Gasteiger partial charge in [0, 0.05) is 6.04 Å². The van der Waals surface area contributed by atoms with E-state index in [1.165, 1.54) is 0 Å². The zero-order valence-corrected chi connectivity index (χ0v) is 13.6. The third-order valence-corrected chi connectivity index (χ3v) is 3.59. The molecule has 0 aromatic heterocycles. The van der Waals surface area contributed by atoms with Crippen molar-refractivity contribution < 1.29 is 13.9 Å².